The van der Waals surface area contributed by atoms with Gasteiger partial charge in [0.2, 0.25) is 5.91 Å². The Bertz CT molecular complexity index is 872. The fraction of sp³-hybridized carbons (Fsp3) is 0.524. The summed E-state index contributed by atoms with van der Waals surface area (Å²) in [5.41, 5.74) is -0.331. The number of esters is 1. The zero-order valence-corrected chi connectivity index (χ0v) is 17.1. The summed E-state index contributed by atoms with van der Waals surface area (Å²) in [5.74, 6) is -1.01. The molecule has 0 radical (unpaired) electrons. The van der Waals surface area contributed by atoms with Crippen molar-refractivity contribution in [3.63, 3.8) is 0 Å². The van der Waals surface area contributed by atoms with E-state index in [1.807, 2.05) is 0 Å². The first-order valence-electron chi connectivity index (χ1n) is 9.82. The smallest absolute Gasteiger partial charge is 0.311 e. The number of anilines is 1. The number of ether oxygens (including phenoxy) is 3. The summed E-state index contributed by atoms with van der Waals surface area (Å²) in [7, 11) is 3.02. The number of carbonyl (C=O) groups excluding carboxylic acids is 3. The van der Waals surface area contributed by atoms with Crippen LogP contribution in [-0.2, 0) is 19.1 Å². The van der Waals surface area contributed by atoms with Gasteiger partial charge in [-0.1, -0.05) is 0 Å². The van der Waals surface area contributed by atoms with E-state index in [2.05, 4.69) is 11.4 Å². The van der Waals surface area contributed by atoms with Gasteiger partial charge in [-0.05, 0) is 37.8 Å². The summed E-state index contributed by atoms with van der Waals surface area (Å²) in [6.45, 7) is -0.344. The fourth-order valence-electron chi connectivity index (χ4n) is 3.91. The van der Waals surface area contributed by atoms with Crippen LogP contribution < -0.4 is 19.7 Å². The van der Waals surface area contributed by atoms with Crippen LogP contribution in [0.15, 0.2) is 18.2 Å². The van der Waals surface area contributed by atoms with Crippen LogP contribution in [0.25, 0.3) is 0 Å². The van der Waals surface area contributed by atoms with Crippen LogP contribution in [0.4, 0.5) is 5.69 Å². The summed E-state index contributed by atoms with van der Waals surface area (Å²) >= 11 is 0. The van der Waals surface area contributed by atoms with E-state index in [0.29, 0.717) is 30.0 Å². The number of methoxy groups -OCH3 is 2. The molecule has 2 aliphatic rings. The van der Waals surface area contributed by atoms with Crippen LogP contribution >= 0.6 is 0 Å². The Morgan fingerprint density at radius 2 is 2.00 bits per heavy atom. The number of benzene rings is 1. The minimum absolute atomic E-state index is 0.0161. The second-order valence-electron chi connectivity index (χ2n) is 7.50. The van der Waals surface area contributed by atoms with Gasteiger partial charge in [0.1, 0.15) is 17.0 Å². The summed E-state index contributed by atoms with van der Waals surface area (Å²) in [6.07, 6.45) is 2.93. The molecule has 1 saturated heterocycles. The standard InChI is InChI=1S/C21H25N3O6/c1-28-15-5-6-16(17(10-15)29-2)24-11-14(9-19(24)26)20(27)30-12-18(25)23-21(13-22)7-3-4-8-21/h5-6,10,14H,3-4,7-9,11-12H2,1-2H3,(H,23,25)/t14-/m0/s1. The molecule has 1 aliphatic heterocycles. The van der Waals surface area contributed by atoms with Gasteiger partial charge in [-0.2, -0.15) is 5.26 Å². The maximum Gasteiger partial charge on any atom is 0.311 e. The van der Waals surface area contributed by atoms with Crippen molar-refractivity contribution in [1.82, 2.24) is 5.32 Å². The van der Waals surface area contributed by atoms with Crippen LogP contribution in [0, 0.1) is 17.2 Å². The molecule has 1 N–H and O–H groups in total. The molecular weight excluding hydrogens is 390 g/mol. The quantitative estimate of drug-likeness (QED) is 0.671. The summed E-state index contributed by atoms with van der Waals surface area (Å²) in [6, 6.07) is 7.21. The van der Waals surface area contributed by atoms with Crippen molar-refractivity contribution < 1.29 is 28.6 Å². The molecule has 160 valence electrons. The Hall–Kier alpha value is -3.28. The summed E-state index contributed by atoms with van der Waals surface area (Å²) in [4.78, 5) is 38.5. The number of hydrogen-bond donors (Lipinski definition) is 1. The molecule has 0 unspecified atom stereocenters. The molecule has 9 heteroatoms. The third-order valence-electron chi connectivity index (χ3n) is 5.53. The molecule has 1 aromatic carbocycles. The molecule has 0 aromatic heterocycles. The molecule has 0 spiro atoms. The zero-order valence-electron chi connectivity index (χ0n) is 17.1. The minimum atomic E-state index is -0.867. The molecular formula is C21H25N3O6. The average Bonchev–Trinajstić information content (AvgIpc) is 3.38. The highest BCUT2D eigenvalue weighted by Gasteiger charge is 2.38. The van der Waals surface area contributed by atoms with Gasteiger partial charge in [0, 0.05) is 19.0 Å². The first kappa shape index (κ1) is 21.4. The molecule has 0 bridgehead atoms. The Balaban J connectivity index is 1.58. The largest absolute Gasteiger partial charge is 0.497 e. The van der Waals surface area contributed by atoms with Crippen LogP contribution in [0.5, 0.6) is 11.5 Å². The highest BCUT2D eigenvalue weighted by Crippen LogP contribution is 2.36. The highest BCUT2D eigenvalue weighted by atomic mass is 16.5. The van der Waals surface area contributed by atoms with Gasteiger partial charge >= 0.3 is 5.97 Å². The topological polar surface area (TPSA) is 118 Å². The number of rotatable bonds is 7. The molecule has 9 nitrogen and oxygen atoms in total. The Kier molecular flexibility index (Phi) is 6.45. The van der Waals surface area contributed by atoms with Crippen molar-refractivity contribution in [2.75, 3.05) is 32.3 Å². The SMILES string of the molecule is COc1ccc(N2C[C@@H](C(=O)OCC(=O)NC3(C#N)CCCC3)CC2=O)c(OC)c1. The number of hydrogen-bond acceptors (Lipinski definition) is 7. The Morgan fingerprint density at radius 1 is 1.27 bits per heavy atom. The lowest BCUT2D eigenvalue weighted by Gasteiger charge is -2.22. The Morgan fingerprint density at radius 3 is 2.63 bits per heavy atom. The summed E-state index contributed by atoms with van der Waals surface area (Å²) in [5, 5.41) is 12.0. The van der Waals surface area contributed by atoms with E-state index in [0.717, 1.165) is 12.8 Å². The van der Waals surface area contributed by atoms with E-state index in [-0.39, 0.29) is 18.9 Å². The molecule has 1 aromatic rings. The molecule has 2 amide bonds. The lowest BCUT2D eigenvalue weighted by atomic mass is 10.00. The van der Waals surface area contributed by atoms with Crippen molar-refractivity contribution in [3.05, 3.63) is 18.2 Å². The van der Waals surface area contributed by atoms with Gasteiger partial charge in [0.25, 0.3) is 5.91 Å². The predicted molar refractivity (Wildman–Crippen MR) is 106 cm³/mol. The zero-order chi connectivity index (χ0) is 21.7. The first-order chi connectivity index (χ1) is 14.4. The average molecular weight is 415 g/mol. The summed E-state index contributed by atoms with van der Waals surface area (Å²) < 4.78 is 15.6. The van der Waals surface area contributed by atoms with E-state index in [1.165, 1.54) is 19.1 Å². The maximum absolute atomic E-state index is 12.5. The highest BCUT2D eigenvalue weighted by molar-refractivity contribution is 6.00. The number of nitrogens with one attached hydrogen (secondary N) is 1. The molecule has 1 heterocycles. The first-order valence-corrected chi connectivity index (χ1v) is 9.82. The van der Waals surface area contributed by atoms with E-state index in [1.54, 1.807) is 18.2 Å². The maximum atomic E-state index is 12.5. The van der Waals surface area contributed by atoms with Gasteiger partial charge in [-0.3, -0.25) is 14.4 Å². The van der Waals surface area contributed by atoms with Crippen LogP contribution in [-0.4, -0.2) is 50.7 Å². The van der Waals surface area contributed by atoms with Crippen molar-refractivity contribution in [2.45, 2.75) is 37.6 Å². The lowest BCUT2D eigenvalue weighted by Crippen LogP contribution is -2.47. The van der Waals surface area contributed by atoms with Gasteiger partial charge in [0.15, 0.2) is 6.61 Å². The van der Waals surface area contributed by atoms with E-state index >= 15 is 0 Å². The third-order valence-corrected chi connectivity index (χ3v) is 5.53. The van der Waals surface area contributed by atoms with Crippen molar-refractivity contribution >= 4 is 23.5 Å². The normalized spacial score (nSPS) is 19.8. The fourth-order valence-corrected chi connectivity index (χ4v) is 3.91. The van der Waals surface area contributed by atoms with Crippen LogP contribution in [0.1, 0.15) is 32.1 Å². The molecule has 1 saturated carbocycles. The monoisotopic (exact) mass is 415 g/mol. The van der Waals surface area contributed by atoms with Gasteiger partial charge < -0.3 is 24.4 Å². The Labute approximate surface area is 174 Å². The molecule has 1 atom stereocenters. The third kappa shape index (κ3) is 4.48. The van der Waals surface area contributed by atoms with Crippen molar-refractivity contribution in [1.29, 1.82) is 5.26 Å². The predicted octanol–water partition coefficient (Wildman–Crippen LogP) is 1.55. The van der Waals surface area contributed by atoms with Crippen LogP contribution in [0.3, 0.4) is 0 Å². The lowest BCUT2D eigenvalue weighted by molar-refractivity contribution is -0.152. The van der Waals surface area contributed by atoms with Crippen molar-refractivity contribution in [3.8, 4) is 17.6 Å². The minimum Gasteiger partial charge on any atom is -0.497 e. The molecule has 1 aliphatic carbocycles. The second-order valence-corrected chi connectivity index (χ2v) is 7.50. The number of carbonyl (C=O) groups is 3. The van der Waals surface area contributed by atoms with Gasteiger partial charge in [-0.15, -0.1) is 0 Å². The molecule has 2 fully saturated rings. The molecule has 30 heavy (non-hydrogen) atoms. The van der Waals surface area contributed by atoms with E-state index < -0.39 is 29.9 Å². The number of nitrogens with zero attached hydrogens (tertiary/aromatic N) is 2. The number of amides is 2. The molecule has 3 rings (SSSR count). The van der Waals surface area contributed by atoms with Crippen molar-refractivity contribution in [2.24, 2.45) is 5.92 Å². The number of nitriles is 1. The van der Waals surface area contributed by atoms with Crippen LogP contribution in [0.2, 0.25) is 0 Å². The van der Waals surface area contributed by atoms with E-state index in [9.17, 15) is 19.6 Å². The second kappa shape index (κ2) is 9.03. The van der Waals surface area contributed by atoms with Gasteiger partial charge in [-0.25, -0.2) is 0 Å². The van der Waals surface area contributed by atoms with E-state index in [4.69, 9.17) is 14.2 Å². The van der Waals surface area contributed by atoms with Gasteiger partial charge in [0.05, 0.1) is 31.9 Å².